The summed E-state index contributed by atoms with van der Waals surface area (Å²) in [5.74, 6) is 0. The van der Waals surface area contributed by atoms with Crippen LogP contribution in [0, 0.1) is 0 Å². The van der Waals surface area contributed by atoms with Gasteiger partial charge in [0.05, 0.1) is 19.3 Å². The molecule has 0 aliphatic carbocycles. The Kier molecular flexibility index (Phi) is 8.99. The normalized spacial score (nSPS) is 53.7. The van der Waals surface area contributed by atoms with Gasteiger partial charge in [-0.05, 0) is 6.92 Å². The summed E-state index contributed by atoms with van der Waals surface area (Å²) >= 11 is 0. The zero-order chi connectivity index (χ0) is 24.6. The van der Waals surface area contributed by atoms with Gasteiger partial charge in [-0.2, -0.15) is 0 Å². The summed E-state index contributed by atoms with van der Waals surface area (Å²) in [5, 5.41) is 100. The fraction of sp³-hybridized carbons (Fsp3) is 1.00. The van der Waals surface area contributed by atoms with E-state index in [0.29, 0.717) is 0 Å². The lowest BCUT2D eigenvalue weighted by Crippen LogP contribution is -2.66. The Labute approximate surface area is 187 Å². The van der Waals surface area contributed by atoms with Crippen LogP contribution in [0.2, 0.25) is 0 Å². The Morgan fingerprint density at radius 3 is 1.64 bits per heavy atom. The SMILES string of the molecule is C[C@H]1O[C@H](O[C@@H]2[C@@H](O[C@@H]3C(O)O[C@H](CO)[C@@H](O)[C@@H]3O)O[C@H](CO)[C@@H](O)[C@@H]2O)[C@@H](O)[C@@H](O)[C@@H]1O. The smallest absolute Gasteiger partial charge is 0.187 e. The minimum Gasteiger partial charge on any atom is -0.394 e. The highest BCUT2D eigenvalue weighted by Crippen LogP contribution is 2.32. The molecule has 15 nitrogen and oxygen atoms in total. The zero-order valence-corrected chi connectivity index (χ0v) is 17.6. The minimum atomic E-state index is -1.87. The van der Waals surface area contributed by atoms with E-state index in [2.05, 4.69) is 0 Å². The second-order valence-corrected chi connectivity index (χ2v) is 8.32. The maximum Gasteiger partial charge on any atom is 0.187 e. The Morgan fingerprint density at radius 1 is 0.545 bits per heavy atom. The van der Waals surface area contributed by atoms with Gasteiger partial charge in [0.15, 0.2) is 18.9 Å². The molecule has 0 aromatic carbocycles. The van der Waals surface area contributed by atoms with E-state index in [1.807, 2.05) is 0 Å². The van der Waals surface area contributed by atoms with Gasteiger partial charge in [-0.3, -0.25) is 0 Å². The van der Waals surface area contributed by atoms with Crippen LogP contribution in [0.15, 0.2) is 0 Å². The van der Waals surface area contributed by atoms with Crippen molar-refractivity contribution in [2.75, 3.05) is 13.2 Å². The van der Waals surface area contributed by atoms with E-state index in [0.717, 1.165) is 0 Å². The first-order valence-corrected chi connectivity index (χ1v) is 10.4. The van der Waals surface area contributed by atoms with Crippen molar-refractivity contribution in [3.05, 3.63) is 0 Å². The van der Waals surface area contributed by atoms with Crippen molar-refractivity contribution < 1.29 is 74.7 Å². The predicted octanol–water partition coefficient (Wildman–Crippen LogP) is -6.55. The number of rotatable bonds is 6. The first-order chi connectivity index (χ1) is 15.5. The van der Waals surface area contributed by atoms with Crippen LogP contribution in [0.1, 0.15) is 6.92 Å². The summed E-state index contributed by atoms with van der Waals surface area (Å²) in [6.07, 6.45) is -24.2. The molecule has 3 fully saturated rings. The third-order valence-electron chi connectivity index (χ3n) is 6.06. The van der Waals surface area contributed by atoms with Gasteiger partial charge in [0.25, 0.3) is 0 Å². The summed E-state index contributed by atoms with van der Waals surface area (Å²) in [6.45, 7) is -0.0924. The molecular formula is C18H32O15. The molecule has 0 radical (unpaired) electrons. The van der Waals surface area contributed by atoms with Gasteiger partial charge >= 0.3 is 0 Å². The minimum absolute atomic E-state index is 0.714. The van der Waals surface area contributed by atoms with Crippen LogP contribution in [-0.4, -0.2) is 156 Å². The maximum atomic E-state index is 10.6. The molecule has 3 saturated heterocycles. The van der Waals surface area contributed by atoms with Crippen molar-refractivity contribution in [1.29, 1.82) is 0 Å². The van der Waals surface area contributed by atoms with E-state index in [4.69, 9.17) is 23.7 Å². The molecule has 1 unspecified atom stereocenters. The Morgan fingerprint density at radius 2 is 1.06 bits per heavy atom. The molecule has 0 amide bonds. The average Bonchev–Trinajstić information content (AvgIpc) is 2.79. The lowest BCUT2D eigenvalue weighted by molar-refractivity contribution is -0.389. The van der Waals surface area contributed by atoms with Gasteiger partial charge in [0, 0.05) is 0 Å². The second-order valence-electron chi connectivity index (χ2n) is 8.32. The van der Waals surface area contributed by atoms with Gasteiger partial charge in [-0.1, -0.05) is 0 Å². The number of aliphatic hydroxyl groups excluding tert-OH is 10. The largest absolute Gasteiger partial charge is 0.394 e. The van der Waals surface area contributed by atoms with Crippen molar-refractivity contribution in [1.82, 2.24) is 0 Å². The topological polar surface area (TPSA) is 248 Å². The second kappa shape index (κ2) is 11.0. The molecule has 3 heterocycles. The summed E-state index contributed by atoms with van der Waals surface area (Å²) < 4.78 is 26.7. The molecule has 3 aliphatic rings. The van der Waals surface area contributed by atoms with E-state index >= 15 is 0 Å². The highest BCUT2D eigenvalue weighted by molar-refractivity contribution is 4.95. The van der Waals surface area contributed by atoms with Gasteiger partial charge in [-0.15, -0.1) is 0 Å². The molecule has 33 heavy (non-hydrogen) atoms. The zero-order valence-electron chi connectivity index (χ0n) is 17.6. The van der Waals surface area contributed by atoms with Gasteiger partial charge in [0.1, 0.15) is 67.1 Å². The lowest BCUT2D eigenvalue weighted by Gasteiger charge is -2.47. The van der Waals surface area contributed by atoms with E-state index in [9.17, 15) is 51.1 Å². The Balaban J connectivity index is 1.81. The highest BCUT2D eigenvalue weighted by Gasteiger charge is 2.53. The van der Waals surface area contributed by atoms with Gasteiger partial charge in [0.2, 0.25) is 0 Å². The van der Waals surface area contributed by atoms with Crippen molar-refractivity contribution in [2.45, 2.75) is 99.0 Å². The van der Waals surface area contributed by atoms with Crippen molar-refractivity contribution in [2.24, 2.45) is 0 Å². The molecule has 0 saturated carbocycles. The van der Waals surface area contributed by atoms with Crippen LogP contribution in [0.5, 0.6) is 0 Å². The van der Waals surface area contributed by atoms with E-state index in [-0.39, 0.29) is 0 Å². The van der Waals surface area contributed by atoms with Crippen molar-refractivity contribution in [3.63, 3.8) is 0 Å². The predicted molar refractivity (Wildman–Crippen MR) is 99.8 cm³/mol. The lowest BCUT2D eigenvalue weighted by atomic mass is 9.96. The third-order valence-corrected chi connectivity index (χ3v) is 6.06. The third kappa shape index (κ3) is 5.32. The maximum absolute atomic E-state index is 10.6. The van der Waals surface area contributed by atoms with E-state index in [1.165, 1.54) is 6.92 Å². The monoisotopic (exact) mass is 488 g/mol. The standard InChI is InChI=1S/C18H32O15/c1-4-7(21)10(24)13(27)17(29-4)33-15-12(26)9(23)6(3-20)31-18(15)32-14-11(25)8(22)5(2-19)30-16(14)28/h4-28H,2-3H2,1H3/t4-,5-,6-,7-,8-,9-,10+,11+,12+,13+,14+,15+,16?,17-,18-/m1/s1. The highest BCUT2D eigenvalue weighted by atomic mass is 16.8. The molecule has 3 aliphatic heterocycles. The Bertz CT molecular complexity index is 626. The first-order valence-electron chi connectivity index (χ1n) is 10.4. The van der Waals surface area contributed by atoms with Crippen LogP contribution in [0.25, 0.3) is 0 Å². The molecule has 15 atom stereocenters. The molecule has 0 aromatic heterocycles. The van der Waals surface area contributed by atoms with Crippen LogP contribution in [0.3, 0.4) is 0 Å². The average molecular weight is 488 g/mol. The number of ether oxygens (including phenoxy) is 5. The molecule has 15 heteroatoms. The fourth-order valence-corrected chi connectivity index (χ4v) is 3.96. The molecular weight excluding hydrogens is 456 g/mol. The molecule has 0 spiro atoms. The summed E-state index contributed by atoms with van der Waals surface area (Å²) in [5.41, 5.74) is 0. The number of hydrogen-bond acceptors (Lipinski definition) is 15. The van der Waals surface area contributed by atoms with Crippen LogP contribution in [-0.2, 0) is 23.7 Å². The molecule has 194 valence electrons. The molecule has 10 N–H and O–H groups in total. The van der Waals surface area contributed by atoms with Crippen LogP contribution < -0.4 is 0 Å². The van der Waals surface area contributed by atoms with Gasteiger partial charge < -0.3 is 74.7 Å². The quantitative estimate of drug-likeness (QED) is 0.167. The summed E-state index contributed by atoms with van der Waals surface area (Å²) in [4.78, 5) is 0. The van der Waals surface area contributed by atoms with Crippen molar-refractivity contribution >= 4 is 0 Å². The Hall–Kier alpha value is -0.600. The fourth-order valence-electron chi connectivity index (χ4n) is 3.96. The molecule has 0 aromatic rings. The number of hydrogen-bond donors (Lipinski definition) is 10. The first kappa shape index (κ1) is 27.0. The van der Waals surface area contributed by atoms with E-state index in [1.54, 1.807) is 0 Å². The molecule has 0 bridgehead atoms. The van der Waals surface area contributed by atoms with Crippen LogP contribution >= 0.6 is 0 Å². The summed E-state index contributed by atoms with van der Waals surface area (Å²) in [6, 6.07) is 0. The van der Waals surface area contributed by atoms with Crippen molar-refractivity contribution in [3.8, 4) is 0 Å². The molecule has 3 rings (SSSR count). The summed E-state index contributed by atoms with van der Waals surface area (Å²) in [7, 11) is 0. The van der Waals surface area contributed by atoms with E-state index < -0.39 is 105 Å². The van der Waals surface area contributed by atoms with Gasteiger partial charge in [-0.25, -0.2) is 0 Å². The van der Waals surface area contributed by atoms with Crippen LogP contribution in [0.4, 0.5) is 0 Å². The number of aliphatic hydroxyl groups is 10.